The third kappa shape index (κ3) is 2.68. The first kappa shape index (κ1) is 13.8. The summed E-state index contributed by atoms with van der Waals surface area (Å²) in [5, 5.41) is 0.148. The summed E-state index contributed by atoms with van der Waals surface area (Å²) >= 11 is 5.67. The maximum absolute atomic E-state index is 13.4. The molecule has 0 spiro atoms. The van der Waals surface area contributed by atoms with E-state index in [2.05, 4.69) is 0 Å². The first-order chi connectivity index (χ1) is 8.57. The predicted molar refractivity (Wildman–Crippen MR) is 71.3 cm³/mol. The average Bonchev–Trinajstić information content (AvgIpc) is 2.84. The van der Waals surface area contributed by atoms with Crippen molar-refractivity contribution in [3.63, 3.8) is 0 Å². The van der Waals surface area contributed by atoms with Gasteiger partial charge in [-0.3, -0.25) is 0 Å². The lowest BCUT2D eigenvalue weighted by Crippen LogP contribution is -2.48. The van der Waals surface area contributed by atoms with Crippen molar-refractivity contribution in [3.8, 4) is 0 Å². The molecule has 1 fully saturated rings. The Morgan fingerprint density at radius 2 is 2.11 bits per heavy atom. The van der Waals surface area contributed by atoms with E-state index < -0.39 is 0 Å². The van der Waals surface area contributed by atoms with Crippen molar-refractivity contribution in [2.45, 2.75) is 43.7 Å². The molecule has 1 aliphatic carbocycles. The molecule has 1 atom stereocenters. The van der Waals surface area contributed by atoms with Gasteiger partial charge in [-0.15, -0.1) is 0 Å². The van der Waals surface area contributed by atoms with Crippen molar-refractivity contribution in [3.05, 3.63) is 34.6 Å². The zero-order valence-electron chi connectivity index (χ0n) is 10.6. The van der Waals surface area contributed by atoms with Gasteiger partial charge in [0, 0.05) is 13.2 Å². The molecule has 2 nitrogen and oxygen atoms in total. The highest BCUT2D eigenvalue weighted by Crippen LogP contribution is 2.36. The van der Waals surface area contributed by atoms with Crippen LogP contribution in [0.15, 0.2) is 18.2 Å². The van der Waals surface area contributed by atoms with Crippen molar-refractivity contribution < 1.29 is 9.13 Å². The molecule has 1 aromatic carbocycles. The molecule has 0 aliphatic heterocycles. The van der Waals surface area contributed by atoms with E-state index in [0.29, 0.717) is 6.42 Å². The number of hydrogen-bond acceptors (Lipinski definition) is 2. The van der Waals surface area contributed by atoms with Crippen LogP contribution in [0.4, 0.5) is 4.39 Å². The summed E-state index contributed by atoms with van der Waals surface area (Å²) < 4.78 is 19.0. The number of ether oxygens (including phenoxy) is 1. The molecule has 1 aromatic rings. The maximum atomic E-state index is 13.4. The second-order valence-corrected chi connectivity index (χ2v) is 5.44. The van der Waals surface area contributed by atoms with Gasteiger partial charge in [-0.2, -0.15) is 0 Å². The SMILES string of the molecule is COC1(C(N)Cc2ccc(Cl)c(F)c2)CCCC1. The third-order valence-corrected chi connectivity index (χ3v) is 4.28. The number of hydrogen-bond donors (Lipinski definition) is 1. The van der Waals surface area contributed by atoms with E-state index in [0.717, 1.165) is 31.2 Å². The highest BCUT2D eigenvalue weighted by atomic mass is 35.5. The van der Waals surface area contributed by atoms with Crippen LogP contribution in [0, 0.1) is 5.82 Å². The Bertz CT molecular complexity index is 418. The zero-order valence-corrected chi connectivity index (χ0v) is 11.3. The van der Waals surface area contributed by atoms with E-state index in [4.69, 9.17) is 22.1 Å². The highest BCUT2D eigenvalue weighted by molar-refractivity contribution is 6.30. The van der Waals surface area contributed by atoms with Crippen LogP contribution in [0.2, 0.25) is 5.02 Å². The summed E-state index contributed by atoms with van der Waals surface area (Å²) in [4.78, 5) is 0. The standard InChI is InChI=1S/C14H19ClFNO/c1-18-14(6-2-3-7-14)13(17)9-10-4-5-11(15)12(16)8-10/h4-5,8,13H,2-3,6-7,9,17H2,1H3. The van der Waals surface area contributed by atoms with E-state index >= 15 is 0 Å². The molecule has 0 amide bonds. The van der Waals surface area contributed by atoms with E-state index in [1.807, 2.05) is 6.07 Å². The second kappa shape index (κ2) is 5.55. The van der Waals surface area contributed by atoms with E-state index in [1.165, 1.54) is 6.07 Å². The summed E-state index contributed by atoms with van der Waals surface area (Å²) in [6.07, 6.45) is 4.89. The molecule has 0 radical (unpaired) electrons. The lowest BCUT2D eigenvalue weighted by molar-refractivity contribution is -0.0253. The van der Waals surface area contributed by atoms with Crippen LogP contribution in [0.25, 0.3) is 0 Å². The van der Waals surface area contributed by atoms with Crippen molar-refractivity contribution in [2.24, 2.45) is 5.73 Å². The van der Waals surface area contributed by atoms with Gasteiger partial charge >= 0.3 is 0 Å². The van der Waals surface area contributed by atoms with Gasteiger partial charge in [0.2, 0.25) is 0 Å². The van der Waals surface area contributed by atoms with Gasteiger partial charge in [0.1, 0.15) is 5.82 Å². The molecule has 0 aromatic heterocycles. The molecule has 18 heavy (non-hydrogen) atoms. The zero-order chi connectivity index (χ0) is 13.2. The summed E-state index contributed by atoms with van der Waals surface area (Å²) in [6, 6.07) is 4.75. The van der Waals surface area contributed by atoms with Gasteiger partial charge in [0.05, 0.1) is 10.6 Å². The molecular formula is C14H19ClFNO. The van der Waals surface area contributed by atoms with Crippen LogP contribution < -0.4 is 5.73 Å². The molecule has 4 heteroatoms. The van der Waals surface area contributed by atoms with Crippen LogP contribution >= 0.6 is 11.6 Å². The lowest BCUT2D eigenvalue weighted by atomic mass is 9.88. The number of nitrogens with two attached hydrogens (primary N) is 1. The van der Waals surface area contributed by atoms with Gasteiger partial charge in [0.25, 0.3) is 0 Å². The molecule has 1 aliphatic rings. The fourth-order valence-corrected chi connectivity index (χ4v) is 2.92. The van der Waals surface area contributed by atoms with Gasteiger partial charge in [-0.05, 0) is 37.0 Å². The molecule has 100 valence electrons. The molecule has 2 rings (SSSR count). The summed E-state index contributed by atoms with van der Waals surface area (Å²) in [5.41, 5.74) is 6.89. The minimum Gasteiger partial charge on any atom is -0.377 e. The second-order valence-electron chi connectivity index (χ2n) is 5.04. The smallest absolute Gasteiger partial charge is 0.142 e. The number of benzene rings is 1. The van der Waals surface area contributed by atoms with E-state index in [1.54, 1.807) is 13.2 Å². The third-order valence-electron chi connectivity index (χ3n) is 3.97. The Morgan fingerprint density at radius 1 is 1.44 bits per heavy atom. The average molecular weight is 272 g/mol. The van der Waals surface area contributed by atoms with Gasteiger partial charge < -0.3 is 10.5 Å². The van der Waals surface area contributed by atoms with Crippen LogP contribution in [-0.4, -0.2) is 18.8 Å². The monoisotopic (exact) mass is 271 g/mol. The molecule has 0 bridgehead atoms. The van der Waals surface area contributed by atoms with Crippen LogP contribution in [0.3, 0.4) is 0 Å². The number of halogens is 2. The topological polar surface area (TPSA) is 35.2 Å². The fraction of sp³-hybridized carbons (Fsp3) is 0.571. The minimum atomic E-state index is -0.390. The van der Waals surface area contributed by atoms with Gasteiger partial charge in [-0.1, -0.05) is 30.5 Å². The number of rotatable bonds is 4. The highest BCUT2D eigenvalue weighted by Gasteiger charge is 2.39. The largest absolute Gasteiger partial charge is 0.377 e. The van der Waals surface area contributed by atoms with Crippen molar-refractivity contribution in [1.82, 2.24) is 0 Å². The summed E-state index contributed by atoms with van der Waals surface area (Å²) in [7, 11) is 1.72. The van der Waals surface area contributed by atoms with Crippen LogP contribution in [0.5, 0.6) is 0 Å². The Labute approximate surface area is 112 Å². The molecule has 0 heterocycles. The van der Waals surface area contributed by atoms with Crippen LogP contribution in [-0.2, 0) is 11.2 Å². The molecule has 0 saturated heterocycles. The minimum absolute atomic E-state index is 0.106. The van der Waals surface area contributed by atoms with Crippen molar-refractivity contribution in [2.75, 3.05) is 7.11 Å². The molecular weight excluding hydrogens is 253 g/mol. The number of methoxy groups -OCH3 is 1. The Hall–Kier alpha value is -0.640. The fourth-order valence-electron chi connectivity index (χ4n) is 2.81. The van der Waals surface area contributed by atoms with Gasteiger partial charge in [0.15, 0.2) is 0 Å². The normalized spacial score (nSPS) is 20.0. The first-order valence-electron chi connectivity index (χ1n) is 6.32. The lowest BCUT2D eigenvalue weighted by Gasteiger charge is -2.34. The molecule has 2 N–H and O–H groups in total. The van der Waals surface area contributed by atoms with Crippen molar-refractivity contribution in [1.29, 1.82) is 0 Å². The van der Waals surface area contributed by atoms with E-state index in [-0.39, 0.29) is 22.5 Å². The Morgan fingerprint density at radius 3 is 2.67 bits per heavy atom. The van der Waals surface area contributed by atoms with Gasteiger partial charge in [-0.25, -0.2) is 4.39 Å². The molecule has 1 saturated carbocycles. The summed E-state index contributed by atoms with van der Waals surface area (Å²) in [6.45, 7) is 0. The predicted octanol–water partition coefficient (Wildman–Crippen LogP) is 3.31. The Kier molecular flexibility index (Phi) is 4.25. The van der Waals surface area contributed by atoms with Crippen LogP contribution in [0.1, 0.15) is 31.2 Å². The molecule has 1 unspecified atom stereocenters. The quantitative estimate of drug-likeness (QED) is 0.912. The first-order valence-corrected chi connectivity index (χ1v) is 6.70. The Balaban J connectivity index is 2.10. The van der Waals surface area contributed by atoms with Crippen molar-refractivity contribution >= 4 is 11.6 Å². The summed E-state index contributed by atoms with van der Waals surface area (Å²) in [5.74, 6) is -0.390. The van der Waals surface area contributed by atoms with E-state index in [9.17, 15) is 4.39 Å². The maximum Gasteiger partial charge on any atom is 0.142 e.